The minimum atomic E-state index is -0.277. The van der Waals surface area contributed by atoms with Crippen LogP contribution >= 0.6 is 11.3 Å². The Labute approximate surface area is 152 Å². The van der Waals surface area contributed by atoms with Crippen LogP contribution in [-0.4, -0.2) is 39.2 Å². The predicted molar refractivity (Wildman–Crippen MR) is 102 cm³/mol. The third kappa shape index (κ3) is 3.45. The van der Waals surface area contributed by atoms with Gasteiger partial charge in [0.15, 0.2) is 0 Å². The normalized spacial score (nSPS) is 21.2. The molecule has 3 aromatic rings. The van der Waals surface area contributed by atoms with Gasteiger partial charge < -0.3 is 5.11 Å². The SMILES string of the molecule is Cc1nc(C)c(CN2C[C@@H](Cc3ccnc4ccccc34)[C@@H](O)C2)s1. The van der Waals surface area contributed by atoms with Gasteiger partial charge in [-0.25, -0.2) is 4.98 Å². The number of pyridine rings is 1. The molecule has 0 spiro atoms. The van der Waals surface area contributed by atoms with Gasteiger partial charge in [0.05, 0.1) is 22.3 Å². The Balaban J connectivity index is 1.49. The first-order valence-corrected chi connectivity index (χ1v) is 9.58. The van der Waals surface area contributed by atoms with Gasteiger partial charge in [-0.15, -0.1) is 11.3 Å². The molecule has 1 saturated heterocycles. The minimum Gasteiger partial charge on any atom is -0.391 e. The van der Waals surface area contributed by atoms with Gasteiger partial charge in [-0.3, -0.25) is 9.88 Å². The van der Waals surface area contributed by atoms with Crippen LogP contribution in [0.25, 0.3) is 10.9 Å². The van der Waals surface area contributed by atoms with Crippen LogP contribution in [0, 0.1) is 19.8 Å². The van der Waals surface area contributed by atoms with Crippen molar-refractivity contribution in [2.75, 3.05) is 13.1 Å². The van der Waals surface area contributed by atoms with E-state index in [0.29, 0.717) is 0 Å². The second kappa shape index (κ2) is 6.83. The number of aromatic nitrogens is 2. The lowest BCUT2D eigenvalue weighted by Crippen LogP contribution is -2.21. The summed E-state index contributed by atoms with van der Waals surface area (Å²) >= 11 is 1.77. The molecule has 1 fully saturated rings. The van der Waals surface area contributed by atoms with Crippen LogP contribution in [0.15, 0.2) is 36.5 Å². The van der Waals surface area contributed by atoms with Crippen molar-refractivity contribution in [1.29, 1.82) is 0 Å². The molecule has 25 heavy (non-hydrogen) atoms. The number of likely N-dealkylation sites (tertiary alicyclic amines) is 1. The van der Waals surface area contributed by atoms with Crippen molar-refractivity contribution in [2.45, 2.75) is 32.9 Å². The lowest BCUT2D eigenvalue weighted by Gasteiger charge is -2.16. The van der Waals surface area contributed by atoms with Crippen molar-refractivity contribution in [2.24, 2.45) is 5.92 Å². The Morgan fingerprint density at radius 1 is 1.20 bits per heavy atom. The van der Waals surface area contributed by atoms with Crippen LogP contribution in [0.2, 0.25) is 0 Å². The summed E-state index contributed by atoms with van der Waals surface area (Å²) in [6.45, 7) is 6.68. The van der Waals surface area contributed by atoms with E-state index in [4.69, 9.17) is 0 Å². The maximum Gasteiger partial charge on any atom is 0.0900 e. The molecule has 1 aromatic carbocycles. The second-order valence-electron chi connectivity index (χ2n) is 6.95. The first-order valence-electron chi connectivity index (χ1n) is 8.76. The fraction of sp³-hybridized carbons (Fsp3) is 0.400. The highest BCUT2D eigenvalue weighted by Crippen LogP contribution is 2.28. The lowest BCUT2D eigenvalue weighted by atomic mass is 9.94. The summed E-state index contributed by atoms with van der Waals surface area (Å²) in [5, 5.41) is 12.9. The van der Waals surface area contributed by atoms with Crippen molar-refractivity contribution in [3.8, 4) is 0 Å². The summed E-state index contributed by atoms with van der Waals surface area (Å²) in [5.41, 5.74) is 3.43. The minimum absolute atomic E-state index is 0.264. The van der Waals surface area contributed by atoms with Crippen LogP contribution in [-0.2, 0) is 13.0 Å². The molecule has 2 aromatic heterocycles. The molecule has 0 radical (unpaired) electrons. The molecule has 1 N–H and O–H groups in total. The number of thiazole rings is 1. The van der Waals surface area contributed by atoms with E-state index in [1.54, 1.807) is 11.3 Å². The van der Waals surface area contributed by atoms with Gasteiger partial charge in [-0.1, -0.05) is 18.2 Å². The predicted octanol–water partition coefficient (Wildman–Crippen LogP) is 3.34. The van der Waals surface area contributed by atoms with E-state index < -0.39 is 0 Å². The Morgan fingerprint density at radius 3 is 2.84 bits per heavy atom. The summed E-state index contributed by atoms with van der Waals surface area (Å²) in [6.07, 6.45) is 2.49. The fourth-order valence-electron chi connectivity index (χ4n) is 3.81. The molecule has 0 bridgehead atoms. The van der Waals surface area contributed by atoms with E-state index >= 15 is 0 Å². The number of benzene rings is 1. The number of rotatable bonds is 4. The molecule has 5 heteroatoms. The Bertz CT molecular complexity index is 886. The summed E-state index contributed by atoms with van der Waals surface area (Å²) < 4.78 is 0. The van der Waals surface area contributed by atoms with Gasteiger partial charge in [-0.05, 0) is 38.0 Å². The number of hydrogen-bond donors (Lipinski definition) is 1. The van der Waals surface area contributed by atoms with Crippen LogP contribution in [0.4, 0.5) is 0 Å². The number of β-amino-alcohol motifs (C(OH)–C–C–N with tert-alkyl or cyclic N) is 1. The van der Waals surface area contributed by atoms with Crippen molar-refractivity contribution in [3.05, 3.63) is 57.7 Å². The van der Waals surface area contributed by atoms with Gasteiger partial charge in [0.2, 0.25) is 0 Å². The molecule has 4 rings (SSSR count). The standard InChI is InChI=1S/C20H23N3OS/c1-13-20(25-14(2)22-13)12-23-10-16(19(24)11-23)9-15-7-8-21-18-6-4-3-5-17(15)18/h3-8,16,19,24H,9-12H2,1-2H3/t16-,19+/m1/s1. The summed E-state index contributed by atoms with van der Waals surface area (Å²) in [7, 11) is 0. The van der Waals surface area contributed by atoms with Crippen LogP contribution < -0.4 is 0 Å². The molecule has 0 aliphatic carbocycles. The number of hydrogen-bond acceptors (Lipinski definition) is 5. The van der Waals surface area contributed by atoms with Gasteiger partial charge in [0.1, 0.15) is 0 Å². The first-order chi connectivity index (χ1) is 12.1. The van der Waals surface area contributed by atoms with E-state index in [2.05, 4.69) is 46.9 Å². The highest BCUT2D eigenvalue weighted by Gasteiger charge is 2.32. The molecule has 2 atom stereocenters. The first kappa shape index (κ1) is 16.6. The maximum absolute atomic E-state index is 10.6. The molecule has 1 aliphatic heterocycles. The van der Waals surface area contributed by atoms with Crippen LogP contribution in [0.1, 0.15) is 21.1 Å². The molecule has 3 heterocycles. The molecular weight excluding hydrogens is 330 g/mol. The molecule has 4 nitrogen and oxygen atoms in total. The average Bonchev–Trinajstić information content (AvgIpc) is 3.09. The highest BCUT2D eigenvalue weighted by molar-refractivity contribution is 7.11. The number of nitrogens with zero attached hydrogens (tertiary/aromatic N) is 3. The average molecular weight is 353 g/mol. The van der Waals surface area contributed by atoms with E-state index in [1.807, 2.05) is 18.3 Å². The van der Waals surface area contributed by atoms with Gasteiger partial charge >= 0.3 is 0 Å². The molecule has 1 aliphatic rings. The molecule has 0 saturated carbocycles. The largest absolute Gasteiger partial charge is 0.391 e. The van der Waals surface area contributed by atoms with Crippen molar-refractivity contribution in [1.82, 2.24) is 14.9 Å². The fourth-order valence-corrected chi connectivity index (χ4v) is 4.79. The molecule has 0 unspecified atom stereocenters. The zero-order chi connectivity index (χ0) is 17.4. The van der Waals surface area contributed by atoms with E-state index in [1.165, 1.54) is 15.8 Å². The number of aryl methyl sites for hydroxylation is 2. The summed E-state index contributed by atoms with van der Waals surface area (Å²) in [4.78, 5) is 12.6. The van der Waals surface area contributed by atoms with Crippen molar-refractivity contribution in [3.63, 3.8) is 0 Å². The third-order valence-corrected chi connectivity index (χ3v) is 6.13. The van der Waals surface area contributed by atoms with Crippen molar-refractivity contribution >= 4 is 22.2 Å². The number of fused-ring (bicyclic) bond motifs is 1. The summed E-state index contributed by atoms with van der Waals surface area (Å²) in [5.74, 6) is 0.264. The van der Waals surface area contributed by atoms with Gasteiger partial charge in [-0.2, -0.15) is 0 Å². The molecular formula is C20H23N3OS. The van der Waals surface area contributed by atoms with E-state index in [0.717, 1.165) is 42.3 Å². The van der Waals surface area contributed by atoms with Crippen LogP contribution in [0.5, 0.6) is 0 Å². The summed E-state index contributed by atoms with van der Waals surface area (Å²) in [6, 6.07) is 10.3. The quantitative estimate of drug-likeness (QED) is 0.781. The van der Waals surface area contributed by atoms with Gasteiger partial charge in [0, 0.05) is 42.0 Å². The maximum atomic E-state index is 10.6. The van der Waals surface area contributed by atoms with Crippen LogP contribution in [0.3, 0.4) is 0 Å². The monoisotopic (exact) mass is 353 g/mol. The van der Waals surface area contributed by atoms with Crippen molar-refractivity contribution < 1.29 is 5.11 Å². The lowest BCUT2D eigenvalue weighted by molar-refractivity contribution is 0.141. The molecule has 130 valence electrons. The Hall–Kier alpha value is -1.82. The highest BCUT2D eigenvalue weighted by atomic mass is 32.1. The molecule has 0 amide bonds. The Morgan fingerprint density at radius 2 is 2.04 bits per heavy atom. The number of aliphatic hydroxyl groups excluding tert-OH is 1. The van der Waals surface area contributed by atoms with E-state index in [-0.39, 0.29) is 12.0 Å². The van der Waals surface area contributed by atoms with E-state index in [9.17, 15) is 5.11 Å². The third-order valence-electron chi connectivity index (χ3n) is 5.07. The topological polar surface area (TPSA) is 49.2 Å². The Kier molecular flexibility index (Phi) is 4.54. The second-order valence-corrected chi connectivity index (χ2v) is 8.24. The number of aliphatic hydroxyl groups is 1. The van der Waals surface area contributed by atoms with Gasteiger partial charge in [0.25, 0.3) is 0 Å². The zero-order valence-corrected chi connectivity index (χ0v) is 15.5. The smallest absolute Gasteiger partial charge is 0.0900 e. The zero-order valence-electron chi connectivity index (χ0n) is 14.6. The number of para-hydroxylation sites is 1.